The number of carbonyl (C=O) groups excluding carboxylic acids is 2. The van der Waals surface area contributed by atoms with E-state index in [-0.39, 0.29) is 36.3 Å². The zero-order valence-electron chi connectivity index (χ0n) is 14.2. The number of rotatable bonds is 7. The molecule has 0 heterocycles. The highest BCUT2D eigenvalue weighted by molar-refractivity contribution is 5.80. The summed E-state index contributed by atoms with van der Waals surface area (Å²) in [4.78, 5) is 24.6. The van der Waals surface area contributed by atoms with Crippen molar-refractivity contribution in [1.29, 1.82) is 0 Å². The number of benzene rings is 1. The van der Waals surface area contributed by atoms with Gasteiger partial charge in [0.05, 0.1) is 19.1 Å². The van der Waals surface area contributed by atoms with Crippen LogP contribution in [0, 0.1) is 11.2 Å². The topological polar surface area (TPSA) is 75.4 Å². The number of nitrogens with two attached hydrogens (primary N) is 1. The van der Waals surface area contributed by atoms with Crippen molar-refractivity contribution in [3.05, 3.63) is 35.6 Å². The first-order valence-electron chi connectivity index (χ1n) is 7.58. The number of hydrogen-bond donors (Lipinski definition) is 2. The van der Waals surface area contributed by atoms with Crippen LogP contribution in [-0.4, -0.2) is 36.9 Å². The Labute approximate surface area is 137 Å². The first kappa shape index (κ1) is 19.1. The van der Waals surface area contributed by atoms with Gasteiger partial charge in [-0.2, -0.15) is 0 Å². The third kappa shape index (κ3) is 7.74. The molecule has 0 aliphatic heterocycles. The Hall–Kier alpha value is -1.95. The van der Waals surface area contributed by atoms with Gasteiger partial charge < -0.3 is 11.1 Å². The second-order valence-corrected chi connectivity index (χ2v) is 7.08. The minimum atomic E-state index is -0.481. The van der Waals surface area contributed by atoms with E-state index >= 15 is 0 Å². The Morgan fingerprint density at radius 3 is 2.26 bits per heavy atom. The lowest BCUT2D eigenvalue weighted by atomic mass is 9.85. The standard InChI is InChI=1S/C17H26FN3O2/c1-17(2,3)9-14(12-5-7-13(18)8-6-12)20-16(23)11-21(4)10-15(19)22/h5-8,14H,9-11H2,1-4H3,(H2,19,22)(H,20,23)/t14-/m1/s1. The maximum Gasteiger partial charge on any atom is 0.234 e. The molecule has 0 unspecified atom stereocenters. The zero-order valence-corrected chi connectivity index (χ0v) is 14.2. The van der Waals surface area contributed by atoms with Crippen molar-refractivity contribution in [2.45, 2.75) is 33.2 Å². The van der Waals surface area contributed by atoms with Gasteiger partial charge >= 0.3 is 0 Å². The van der Waals surface area contributed by atoms with Gasteiger partial charge in [0.15, 0.2) is 0 Å². The molecule has 0 aliphatic carbocycles. The average molecular weight is 323 g/mol. The van der Waals surface area contributed by atoms with Crippen molar-refractivity contribution < 1.29 is 14.0 Å². The summed E-state index contributed by atoms with van der Waals surface area (Å²) in [5, 5.41) is 2.96. The first-order valence-corrected chi connectivity index (χ1v) is 7.58. The van der Waals surface area contributed by atoms with Crippen molar-refractivity contribution in [3.8, 4) is 0 Å². The first-order chi connectivity index (χ1) is 10.6. The lowest BCUT2D eigenvalue weighted by Crippen LogP contribution is -2.41. The van der Waals surface area contributed by atoms with Gasteiger partial charge in [-0.25, -0.2) is 4.39 Å². The van der Waals surface area contributed by atoms with Crippen LogP contribution in [0.2, 0.25) is 0 Å². The van der Waals surface area contributed by atoms with E-state index in [1.165, 1.54) is 12.1 Å². The van der Waals surface area contributed by atoms with Crippen LogP contribution >= 0.6 is 0 Å². The van der Waals surface area contributed by atoms with Crippen LogP contribution in [0.1, 0.15) is 38.8 Å². The minimum Gasteiger partial charge on any atom is -0.369 e. The normalized spacial score (nSPS) is 13.0. The number of halogens is 1. The summed E-state index contributed by atoms with van der Waals surface area (Å²) in [7, 11) is 1.65. The SMILES string of the molecule is CN(CC(N)=O)CC(=O)N[C@H](CC(C)(C)C)c1ccc(F)cc1. The molecule has 3 N–H and O–H groups in total. The molecule has 128 valence electrons. The highest BCUT2D eigenvalue weighted by atomic mass is 19.1. The van der Waals surface area contributed by atoms with Gasteiger partial charge in [-0.1, -0.05) is 32.9 Å². The summed E-state index contributed by atoms with van der Waals surface area (Å²) in [5.74, 6) is -0.992. The molecule has 0 bridgehead atoms. The number of carbonyl (C=O) groups is 2. The minimum absolute atomic E-state index is 0.00847. The molecule has 1 aromatic rings. The molecule has 0 saturated carbocycles. The van der Waals surface area contributed by atoms with Crippen LogP contribution in [-0.2, 0) is 9.59 Å². The van der Waals surface area contributed by atoms with Gasteiger partial charge in [0.1, 0.15) is 5.82 Å². The number of nitrogens with one attached hydrogen (secondary N) is 1. The van der Waals surface area contributed by atoms with E-state index in [1.807, 2.05) is 0 Å². The number of nitrogens with zero attached hydrogens (tertiary/aromatic N) is 1. The molecule has 0 saturated heterocycles. The van der Waals surface area contributed by atoms with Crippen molar-refractivity contribution in [3.63, 3.8) is 0 Å². The van der Waals surface area contributed by atoms with Gasteiger partial charge in [0.2, 0.25) is 11.8 Å². The Kier molecular flexibility index (Phi) is 6.69. The summed E-state index contributed by atoms with van der Waals surface area (Å²) < 4.78 is 13.1. The van der Waals surface area contributed by atoms with Crippen LogP contribution in [0.5, 0.6) is 0 Å². The second-order valence-electron chi connectivity index (χ2n) is 7.08. The lowest BCUT2D eigenvalue weighted by Gasteiger charge is -2.28. The van der Waals surface area contributed by atoms with Gasteiger partial charge in [0, 0.05) is 0 Å². The van der Waals surface area contributed by atoms with Crippen molar-refractivity contribution in [2.24, 2.45) is 11.1 Å². The van der Waals surface area contributed by atoms with Gasteiger partial charge in [-0.05, 0) is 36.6 Å². The van der Waals surface area contributed by atoms with E-state index in [1.54, 1.807) is 24.1 Å². The molecular weight excluding hydrogens is 297 g/mol. The van der Waals surface area contributed by atoms with E-state index in [0.717, 1.165) is 5.56 Å². The molecule has 1 rings (SSSR count). The number of likely N-dealkylation sites (N-methyl/N-ethyl adjacent to an activating group) is 1. The average Bonchev–Trinajstić information content (AvgIpc) is 2.35. The van der Waals surface area contributed by atoms with Crippen LogP contribution in [0.3, 0.4) is 0 Å². The smallest absolute Gasteiger partial charge is 0.234 e. The van der Waals surface area contributed by atoms with E-state index in [2.05, 4.69) is 26.1 Å². The molecule has 0 radical (unpaired) electrons. The van der Waals surface area contributed by atoms with Crippen LogP contribution in [0.15, 0.2) is 24.3 Å². The molecule has 23 heavy (non-hydrogen) atoms. The molecule has 0 spiro atoms. The summed E-state index contributed by atoms with van der Waals surface area (Å²) >= 11 is 0. The number of primary amides is 1. The Balaban J connectivity index is 2.78. The number of amides is 2. The fourth-order valence-electron chi connectivity index (χ4n) is 2.37. The van der Waals surface area contributed by atoms with Gasteiger partial charge in [0.25, 0.3) is 0 Å². The van der Waals surface area contributed by atoms with Gasteiger partial charge in [-0.3, -0.25) is 14.5 Å². The highest BCUT2D eigenvalue weighted by Gasteiger charge is 2.22. The van der Waals surface area contributed by atoms with Crippen molar-refractivity contribution in [2.75, 3.05) is 20.1 Å². The Bertz CT molecular complexity index is 538. The Morgan fingerprint density at radius 2 is 1.78 bits per heavy atom. The summed E-state index contributed by atoms with van der Waals surface area (Å²) in [6.45, 7) is 6.33. The molecule has 5 nitrogen and oxygen atoms in total. The predicted molar refractivity (Wildman–Crippen MR) is 88.0 cm³/mol. The van der Waals surface area contributed by atoms with E-state index in [0.29, 0.717) is 6.42 Å². The summed E-state index contributed by atoms with van der Waals surface area (Å²) in [6, 6.07) is 5.91. The second kappa shape index (κ2) is 8.06. The molecule has 6 heteroatoms. The maximum atomic E-state index is 13.1. The largest absolute Gasteiger partial charge is 0.369 e. The molecule has 2 amide bonds. The van der Waals surface area contributed by atoms with E-state index < -0.39 is 5.91 Å². The molecule has 0 aromatic heterocycles. The third-order valence-electron chi connectivity index (χ3n) is 3.26. The van der Waals surface area contributed by atoms with E-state index in [4.69, 9.17) is 5.73 Å². The lowest BCUT2D eigenvalue weighted by molar-refractivity contribution is -0.124. The predicted octanol–water partition coefficient (Wildman–Crippen LogP) is 1.84. The molecule has 1 atom stereocenters. The zero-order chi connectivity index (χ0) is 17.6. The number of hydrogen-bond acceptors (Lipinski definition) is 3. The summed E-state index contributed by atoms with van der Waals surface area (Å²) in [6.07, 6.45) is 0.712. The fourth-order valence-corrected chi connectivity index (χ4v) is 2.37. The van der Waals surface area contributed by atoms with Crippen LogP contribution in [0.25, 0.3) is 0 Å². The monoisotopic (exact) mass is 323 g/mol. The quantitative estimate of drug-likeness (QED) is 0.804. The molecule has 1 aromatic carbocycles. The summed E-state index contributed by atoms with van der Waals surface area (Å²) in [5.41, 5.74) is 5.96. The van der Waals surface area contributed by atoms with Crippen LogP contribution < -0.4 is 11.1 Å². The fraction of sp³-hybridized carbons (Fsp3) is 0.529. The van der Waals surface area contributed by atoms with Crippen molar-refractivity contribution >= 4 is 11.8 Å². The van der Waals surface area contributed by atoms with Crippen LogP contribution in [0.4, 0.5) is 4.39 Å². The molecule has 0 aliphatic rings. The van der Waals surface area contributed by atoms with E-state index in [9.17, 15) is 14.0 Å². The Morgan fingerprint density at radius 1 is 1.22 bits per heavy atom. The molecular formula is C17H26FN3O2. The highest BCUT2D eigenvalue weighted by Crippen LogP contribution is 2.29. The maximum absolute atomic E-state index is 13.1. The van der Waals surface area contributed by atoms with Crippen molar-refractivity contribution in [1.82, 2.24) is 10.2 Å². The molecule has 0 fully saturated rings. The third-order valence-corrected chi connectivity index (χ3v) is 3.26. The van der Waals surface area contributed by atoms with Gasteiger partial charge in [-0.15, -0.1) is 0 Å².